The predicted molar refractivity (Wildman–Crippen MR) is 142 cm³/mol. The van der Waals surface area contributed by atoms with Crippen molar-refractivity contribution in [3.63, 3.8) is 0 Å². The summed E-state index contributed by atoms with van der Waals surface area (Å²) in [6.45, 7) is 1.15. The van der Waals surface area contributed by atoms with Crippen molar-refractivity contribution in [1.82, 2.24) is 15.3 Å². The number of hydrogen-bond acceptors (Lipinski definition) is 6. The number of rotatable bonds is 9. The van der Waals surface area contributed by atoms with E-state index in [9.17, 15) is 4.79 Å². The van der Waals surface area contributed by atoms with E-state index in [-0.39, 0.29) is 18.3 Å². The van der Waals surface area contributed by atoms with Crippen molar-refractivity contribution >= 4 is 35.0 Å². The highest BCUT2D eigenvalue weighted by Crippen LogP contribution is 2.30. The molecule has 3 aromatic carbocycles. The van der Waals surface area contributed by atoms with E-state index < -0.39 is 0 Å². The number of nitrogens with one attached hydrogen (secondary N) is 2. The summed E-state index contributed by atoms with van der Waals surface area (Å²) in [6, 6.07) is 25.3. The smallest absolute Gasteiger partial charge is 0.222 e. The van der Waals surface area contributed by atoms with Crippen molar-refractivity contribution in [2.45, 2.75) is 25.9 Å². The summed E-state index contributed by atoms with van der Waals surface area (Å²) < 4.78 is 0. The Balaban J connectivity index is 1.42. The number of amides is 1. The number of carbonyl (C=O) groups is 1. The van der Waals surface area contributed by atoms with Crippen LogP contribution < -0.4 is 22.1 Å². The molecular formula is C27H27ClN6O. The molecule has 0 saturated heterocycles. The highest BCUT2D eigenvalue weighted by atomic mass is 35.5. The van der Waals surface area contributed by atoms with E-state index in [1.807, 2.05) is 78.9 Å². The van der Waals surface area contributed by atoms with Crippen LogP contribution >= 0.6 is 11.6 Å². The third-order valence-corrected chi connectivity index (χ3v) is 5.79. The molecule has 0 spiro atoms. The van der Waals surface area contributed by atoms with Gasteiger partial charge in [-0.1, -0.05) is 66.2 Å². The minimum Gasteiger partial charge on any atom is -0.383 e. The molecule has 8 heteroatoms. The molecule has 1 amide bonds. The molecular weight excluding hydrogens is 460 g/mol. The fourth-order valence-corrected chi connectivity index (χ4v) is 3.85. The first-order chi connectivity index (χ1) is 17.0. The highest BCUT2D eigenvalue weighted by Gasteiger charge is 2.15. The second kappa shape index (κ2) is 11.4. The van der Waals surface area contributed by atoms with Gasteiger partial charge in [0.15, 0.2) is 0 Å². The highest BCUT2D eigenvalue weighted by molar-refractivity contribution is 6.30. The number of anilines is 3. The quantitative estimate of drug-likeness (QED) is 0.269. The Hall–Kier alpha value is -4.10. The first kappa shape index (κ1) is 24.0. The number of nitrogens with two attached hydrogens (primary N) is 2. The van der Waals surface area contributed by atoms with Gasteiger partial charge in [-0.2, -0.15) is 4.98 Å². The lowest BCUT2D eigenvalue weighted by molar-refractivity contribution is -0.121. The molecule has 178 valence electrons. The van der Waals surface area contributed by atoms with Gasteiger partial charge in [0.1, 0.15) is 5.82 Å². The Morgan fingerprint density at radius 3 is 2.23 bits per heavy atom. The minimum atomic E-state index is -0.0719. The van der Waals surface area contributed by atoms with Gasteiger partial charge in [0.25, 0.3) is 0 Å². The van der Waals surface area contributed by atoms with Crippen LogP contribution in [0.25, 0.3) is 11.1 Å². The number of carbonyl (C=O) groups excluding carboxylic acids is 1. The Kier molecular flexibility index (Phi) is 7.80. The van der Waals surface area contributed by atoms with Gasteiger partial charge in [0.05, 0.1) is 5.69 Å². The molecule has 1 heterocycles. The van der Waals surface area contributed by atoms with Crippen LogP contribution in [0, 0.1) is 0 Å². The van der Waals surface area contributed by atoms with Gasteiger partial charge in [-0.15, -0.1) is 0 Å². The zero-order valence-electron chi connectivity index (χ0n) is 19.2. The standard InChI is InChI=1S/C27H27ClN6O/c28-21-10-6-19(7-11-21)16-31-22-12-8-20(9-13-22)25-23(33-27(30)34-26(25)29)14-15-24(35)32-17-18-4-2-1-3-5-18/h1-13,31H,14-17H2,(H,32,35)(H4,29,30,33,34). The average Bonchev–Trinajstić information content (AvgIpc) is 2.87. The third-order valence-electron chi connectivity index (χ3n) is 5.53. The number of nitrogen functional groups attached to an aromatic ring is 2. The molecule has 0 atom stereocenters. The number of aryl methyl sites for hydroxylation is 1. The van der Waals surface area contributed by atoms with Crippen molar-refractivity contribution in [2.24, 2.45) is 0 Å². The van der Waals surface area contributed by atoms with E-state index >= 15 is 0 Å². The van der Waals surface area contributed by atoms with Gasteiger partial charge in [-0.25, -0.2) is 4.98 Å². The molecule has 7 nitrogen and oxygen atoms in total. The van der Waals surface area contributed by atoms with Gasteiger partial charge in [-0.05, 0) is 47.4 Å². The van der Waals surface area contributed by atoms with Crippen LogP contribution in [0.2, 0.25) is 5.02 Å². The van der Waals surface area contributed by atoms with E-state index in [0.29, 0.717) is 41.6 Å². The molecule has 0 unspecified atom stereocenters. The van der Waals surface area contributed by atoms with Gasteiger partial charge < -0.3 is 22.1 Å². The van der Waals surface area contributed by atoms with Gasteiger partial charge >= 0.3 is 0 Å². The Morgan fingerprint density at radius 2 is 1.51 bits per heavy atom. The summed E-state index contributed by atoms with van der Waals surface area (Å²) in [5.74, 6) is 0.309. The summed E-state index contributed by atoms with van der Waals surface area (Å²) in [4.78, 5) is 20.9. The molecule has 0 aliphatic heterocycles. The summed E-state index contributed by atoms with van der Waals surface area (Å²) in [5, 5.41) is 7.04. The Labute approximate surface area is 209 Å². The van der Waals surface area contributed by atoms with E-state index in [1.54, 1.807) is 0 Å². The first-order valence-corrected chi connectivity index (χ1v) is 11.7. The molecule has 4 rings (SSSR count). The fraction of sp³-hybridized carbons (Fsp3) is 0.148. The number of aromatic nitrogens is 2. The molecule has 0 saturated carbocycles. The molecule has 0 bridgehead atoms. The van der Waals surface area contributed by atoms with Gasteiger partial charge in [0.2, 0.25) is 11.9 Å². The maximum Gasteiger partial charge on any atom is 0.222 e. The van der Waals surface area contributed by atoms with Crippen molar-refractivity contribution in [3.05, 3.63) is 101 Å². The predicted octanol–water partition coefficient (Wildman–Crippen LogP) is 4.82. The van der Waals surface area contributed by atoms with Crippen LogP contribution in [0.5, 0.6) is 0 Å². The molecule has 1 aromatic heterocycles. The van der Waals surface area contributed by atoms with Crippen LogP contribution in [-0.4, -0.2) is 15.9 Å². The summed E-state index contributed by atoms with van der Waals surface area (Å²) in [7, 11) is 0. The van der Waals surface area contributed by atoms with E-state index in [2.05, 4.69) is 20.6 Å². The number of benzene rings is 3. The van der Waals surface area contributed by atoms with Crippen molar-refractivity contribution < 1.29 is 4.79 Å². The molecule has 0 aliphatic rings. The lowest BCUT2D eigenvalue weighted by Gasteiger charge is -2.13. The van der Waals surface area contributed by atoms with Gasteiger partial charge in [-0.3, -0.25) is 4.79 Å². The topological polar surface area (TPSA) is 119 Å². The van der Waals surface area contributed by atoms with Crippen LogP contribution in [0.15, 0.2) is 78.9 Å². The molecule has 35 heavy (non-hydrogen) atoms. The summed E-state index contributed by atoms with van der Waals surface area (Å²) >= 11 is 5.95. The molecule has 0 fully saturated rings. The number of hydrogen-bond donors (Lipinski definition) is 4. The van der Waals surface area contributed by atoms with Crippen molar-refractivity contribution in [3.8, 4) is 11.1 Å². The van der Waals surface area contributed by atoms with Crippen LogP contribution in [0.3, 0.4) is 0 Å². The lowest BCUT2D eigenvalue weighted by Crippen LogP contribution is -2.23. The zero-order chi connectivity index (χ0) is 24.6. The summed E-state index contributed by atoms with van der Waals surface area (Å²) in [6.07, 6.45) is 0.653. The van der Waals surface area contributed by atoms with E-state index in [4.69, 9.17) is 23.1 Å². The van der Waals surface area contributed by atoms with E-state index in [0.717, 1.165) is 22.4 Å². The maximum atomic E-state index is 12.4. The monoisotopic (exact) mass is 486 g/mol. The SMILES string of the molecule is Nc1nc(N)c(-c2ccc(NCc3ccc(Cl)cc3)cc2)c(CCC(=O)NCc2ccccc2)n1. The second-order valence-electron chi connectivity index (χ2n) is 8.11. The Bertz CT molecular complexity index is 1280. The van der Waals surface area contributed by atoms with Crippen LogP contribution in [0.4, 0.5) is 17.5 Å². The second-order valence-corrected chi connectivity index (χ2v) is 8.54. The first-order valence-electron chi connectivity index (χ1n) is 11.3. The largest absolute Gasteiger partial charge is 0.383 e. The Morgan fingerprint density at radius 1 is 0.829 bits per heavy atom. The maximum absolute atomic E-state index is 12.4. The van der Waals surface area contributed by atoms with Crippen molar-refractivity contribution in [2.75, 3.05) is 16.8 Å². The fourth-order valence-electron chi connectivity index (χ4n) is 3.72. The van der Waals surface area contributed by atoms with Crippen LogP contribution in [-0.2, 0) is 24.3 Å². The lowest BCUT2D eigenvalue weighted by atomic mass is 10.0. The molecule has 0 aliphatic carbocycles. The molecule has 6 N–H and O–H groups in total. The third kappa shape index (κ3) is 6.71. The number of halogens is 1. The normalized spacial score (nSPS) is 10.7. The summed E-state index contributed by atoms with van der Waals surface area (Å²) in [5.41, 5.74) is 17.4. The van der Waals surface area contributed by atoms with Crippen molar-refractivity contribution in [1.29, 1.82) is 0 Å². The minimum absolute atomic E-state index is 0.0719. The molecule has 4 aromatic rings. The van der Waals surface area contributed by atoms with Crippen LogP contribution in [0.1, 0.15) is 23.2 Å². The van der Waals surface area contributed by atoms with Gasteiger partial charge in [0, 0.05) is 35.8 Å². The number of nitrogens with zero attached hydrogens (tertiary/aromatic N) is 2. The van der Waals surface area contributed by atoms with E-state index in [1.165, 1.54) is 0 Å². The zero-order valence-corrected chi connectivity index (χ0v) is 19.9. The average molecular weight is 487 g/mol. The molecule has 0 radical (unpaired) electrons.